The second kappa shape index (κ2) is 6.67. The Morgan fingerprint density at radius 1 is 1.56 bits per heavy atom. The van der Waals surface area contributed by atoms with E-state index in [1.165, 1.54) is 0 Å². The lowest BCUT2D eigenvalue weighted by Crippen LogP contribution is -2.17. The van der Waals surface area contributed by atoms with Gasteiger partial charge in [0.25, 0.3) is 0 Å². The molecule has 0 spiro atoms. The number of aromatic nitrogens is 2. The van der Waals surface area contributed by atoms with E-state index in [0.29, 0.717) is 18.4 Å². The maximum Gasteiger partial charge on any atom is 0.226 e. The van der Waals surface area contributed by atoms with Gasteiger partial charge in [0.2, 0.25) is 11.8 Å². The van der Waals surface area contributed by atoms with Gasteiger partial charge in [-0.05, 0) is 12.8 Å². The number of terminal acetylenes is 1. The van der Waals surface area contributed by atoms with Crippen molar-refractivity contribution < 1.29 is 4.74 Å². The van der Waals surface area contributed by atoms with Crippen LogP contribution in [0, 0.1) is 12.3 Å². The van der Waals surface area contributed by atoms with Crippen LogP contribution < -0.4 is 10.1 Å². The Morgan fingerprint density at radius 2 is 2.38 bits per heavy atom. The minimum atomic E-state index is -0.0403. The Kier molecular flexibility index (Phi) is 5.13. The molecule has 16 heavy (non-hydrogen) atoms. The Morgan fingerprint density at radius 3 is 3.00 bits per heavy atom. The number of rotatable bonds is 6. The van der Waals surface area contributed by atoms with Crippen molar-refractivity contribution in [3.63, 3.8) is 0 Å². The van der Waals surface area contributed by atoms with Crippen molar-refractivity contribution in [2.75, 3.05) is 11.9 Å². The molecule has 0 aromatic carbocycles. The molecule has 1 unspecified atom stereocenters. The summed E-state index contributed by atoms with van der Waals surface area (Å²) in [6, 6.07) is 1.69. The average molecular weight is 219 g/mol. The van der Waals surface area contributed by atoms with E-state index in [9.17, 15) is 0 Å². The molecule has 1 heterocycles. The molecule has 0 bridgehead atoms. The van der Waals surface area contributed by atoms with Crippen molar-refractivity contribution in [2.24, 2.45) is 0 Å². The summed E-state index contributed by atoms with van der Waals surface area (Å²) < 4.78 is 5.40. The smallest absolute Gasteiger partial charge is 0.226 e. The van der Waals surface area contributed by atoms with Crippen LogP contribution in [0.25, 0.3) is 0 Å². The molecule has 0 aliphatic carbocycles. The molecule has 1 aromatic heterocycles. The predicted octanol–water partition coefficient (Wildman–Crippen LogP) is 2.09. The minimum absolute atomic E-state index is 0.0403. The van der Waals surface area contributed by atoms with Gasteiger partial charge in [0, 0.05) is 12.3 Å². The quantitative estimate of drug-likeness (QED) is 0.744. The molecule has 1 N–H and O–H groups in total. The molecule has 4 heteroatoms. The fourth-order valence-electron chi connectivity index (χ4n) is 1.12. The van der Waals surface area contributed by atoms with E-state index < -0.39 is 0 Å². The summed E-state index contributed by atoms with van der Waals surface area (Å²) in [5.41, 5.74) is 0. The van der Waals surface area contributed by atoms with Crippen LogP contribution in [0.1, 0.15) is 26.7 Å². The van der Waals surface area contributed by atoms with Crippen molar-refractivity contribution >= 4 is 5.95 Å². The maximum atomic E-state index is 5.40. The summed E-state index contributed by atoms with van der Waals surface area (Å²) in [7, 11) is 0. The van der Waals surface area contributed by atoms with Gasteiger partial charge in [-0.15, -0.1) is 6.42 Å². The highest BCUT2D eigenvalue weighted by molar-refractivity contribution is 5.31. The van der Waals surface area contributed by atoms with Gasteiger partial charge < -0.3 is 10.1 Å². The van der Waals surface area contributed by atoms with Gasteiger partial charge in [-0.3, -0.25) is 0 Å². The molecule has 0 aliphatic heterocycles. The molecule has 0 radical (unpaired) electrons. The lowest BCUT2D eigenvalue weighted by molar-refractivity contribution is 0.305. The minimum Gasteiger partial charge on any atom is -0.478 e. The van der Waals surface area contributed by atoms with Gasteiger partial charge in [0.15, 0.2) is 0 Å². The van der Waals surface area contributed by atoms with Crippen LogP contribution >= 0.6 is 0 Å². The van der Waals surface area contributed by atoms with Crippen molar-refractivity contribution in [1.82, 2.24) is 9.97 Å². The summed E-state index contributed by atoms with van der Waals surface area (Å²) >= 11 is 0. The van der Waals surface area contributed by atoms with Crippen molar-refractivity contribution in [3.8, 4) is 18.2 Å². The molecular weight excluding hydrogens is 202 g/mol. The van der Waals surface area contributed by atoms with Crippen molar-refractivity contribution in [2.45, 2.75) is 32.7 Å². The second-order valence-electron chi connectivity index (χ2n) is 3.34. The van der Waals surface area contributed by atoms with Crippen LogP contribution in [-0.2, 0) is 0 Å². The maximum absolute atomic E-state index is 5.40. The van der Waals surface area contributed by atoms with E-state index in [-0.39, 0.29) is 6.04 Å². The number of ether oxygens (including phenoxy) is 1. The normalized spacial score (nSPS) is 11.6. The van der Waals surface area contributed by atoms with Crippen LogP contribution in [0.2, 0.25) is 0 Å². The number of anilines is 1. The number of nitrogens with zero attached hydrogens (tertiary/aromatic N) is 2. The highest BCUT2D eigenvalue weighted by Crippen LogP contribution is 2.10. The van der Waals surface area contributed by atoms with E-state index in [4.69, 9.17) is 11.2 Å². The third-order valence-electron chi connectivity index (χ3n) is 2.00. The van der Waals surface area contributed by atoms with Gasteiger partial charge in [0.05, 0.1) is 12.6 Å². The summed E-state index contributed by atoms with van der Waals surface area (Å²) in [5, 5.41) is 3.06. The van der Waals surface area contributed by atoms with Gasteiger partial charge in [-0.1, -0.05) is 19.8 Å². The highest BCUT2D eigenvalue weighted by atomic mass is 16.5. The number of hydrogen-bond donors (Lipinski definition) is 1. The van der Waals surface area contributed by atoms with Crippen molar-refractivity contribution in [3.05, 3.63) is 12.3 Å². The Labute approximate surface area is 96.5 Å². The Balaban J connectivity index is 2.63. The molecular formula is C12H17N3O. The van der Waals surface area contributed by atoms with E-state index >= 15 is 0 Å². The van der Waals surface area contributed by atoms with Crippen LogP contribution in [0.4, 0.5) is 5.95 Å². The summed E-state index contributed by atoms with van der Waals surface area (Å²) in [4.78, 5) is 8.29. The molecule has 0 saturated heterocycles. The molecule has 4 nitrogen and oxygen atoms in total. The average Bonchev–Trinajstić information content (AvgIpc) is 2.34. The highest BCUT2D eigenvalue weighted by Gasteiger charge is 2.04. The molecule has 1 atom stereocenters. The largest absolute Gasteiger partial charge is 0.478 e. The van der Waals surface area contributed by atoms with Crippen LogP contribution in [0.15, 0.2) is 12.3 Å². The molecule has 1 aromatic rings. The first-order chi connectivity index (χ1) is 7.80. The molecule has 0 aliphatic rings. The lowest BCUT2D eigenvalue weighted by Gasteiger charge is -2.11. The molecule has 0 amide bonds. The van der Waals surface area contributed by atoms with Crippen LogP contribution in [0.5, 0.6) is 5.88 Å². The first-order valence-electron chi connectivity index (χ1n) is 5.48. The Hall–Kier alpha value is -1.76. The molecule has 0 fully saturated rings. The topological polar surface area (TPSA) is 47.0 Å². The van der Waals surface area contributed by atoms with E-state index in [1.807, 2.05) is 13.8 Å². The van der Waals surface area contributed by atoms with E-state index in [0.717, 1.165) is 12.8 Å². The van der Waals surface area contributed by atoms with Gasteiger partial charge in [-0.25, -0.2) is 4.98 Å². The standard InChI is InChI=1S/C12H17N3O/c1-4-9-16-11-7-8-13-12(15-11)14-10(5-2)6-3/h2,7-8,10H,4,6,9H2,1,3H3,(H,13,14,15). The number of hydrogen-bond acceptors (Lipinski definition) is 4. The summed E-state index contributed by atoms with van der Waals surface area (Å²) in [5.74, 6) is 3.72. The van der Waals surface area contributed by atoms with E-state index in [2.05, 4.69) is 21.2 Å². The fraction of sp³-hybridized carbons (Fsp3) is 0.500. The van der Waals surface area contributed by atoms with Crippen LogP contribution in [-0.4, -0.2) is 22.6 Å². The monoisotopic (exact) mass is 219 g/mol. The first-order valence-corrected chi connectivity index (χ1v) is 5.48. The molecule has 86 valence electrons. The van der Waals surface area contributed by atoms with E-state index in [1.54, 1.807) is 12.3 Å². The fourth-order valence-corrected chi connectivity index (χ4v) is 1.12. The van der Waals surface area contributed by atoms with Crippen molar-refractivity contribution in [1.29, 1.82) is 0 Å². The third kappa shape index (κ3) is 3.77. The lowest BCUT2D eigenvalue weighted by atomic mass is 10.2. The second-order valence-corrected chi connectivity index (χ2v) is 3.34. The van der Waals surface area contributed by atoms with Crippen LogP contribution in [0.3, 0.4) is 0 Å². The first kappa shape index (κ1) is 12.3. The molecule has 0 saturated carbocycles. The zero-order valence-electron chi connectivity index (χ0n) is 9.73. The summed E-state index contributed by atoms with van der Waals surface area (Å²) in [6.45, 7) is 4.71. The Bertz CT molecular complexity index is 360. The number of nitrogens with one attached hydrogen (secondary N) is 1. The summed E-state index contributed by atoms with van der Waals surface area (Å²) in [6.07, 6.45) is 8.79. The predicted molar refractivity (Wildman–Crippen MR) is 64.4 cm³/mol. The molecule has 1 rings (SSSR count). The van der Waals surface area contributed by atoms with Gasteiger partial charge >= 0.3 is 0 Å². The zero-order valence-corrected chi connectivity index (χ0v) is 9.73. The van der Waals surface area contributed by atoms with Gasteiger partial charge in [-0.2, -0.15) is 4.98 Å². The SMILES string of the molecule is C#CC(CC)Nc1nccc(OCCC)n1. The van der Waals surface area contributed by atoms with Gasteiger partial charge in [0.1, 0.15) is 0 Å². The third-order valence-corrected chi connectivity index (χ3v) is 2.00. The zero-order chi connectivity index (χ0) is 11.8.